The molecule has 4 nitrogen and oxygen atoms in total. The number of fused-ring (bicyclic) bond motifs is 2. The van der Waals surface area contributed by atoms with Crippen LogP contribution in [0, 0.1) is 11.8 Å². The molecule has 2 aliphatic rings. The SMILES string of the molecule is COc1ccc(Br)cc1S(=O)(=O)N[C@H]1C[C@@H]2CC[C@@H]1C2. The van der Waals surface area contributed by atoms with Gasteiger partial charge in [-0.3, -0.25) is 0 Å². The monoisotopic (exact) mass is 359 g/mol. The van der Waals surface area contributed by atoms with E-state index in [-0.39, 0.29) is 10.9 Å². The van der Waals surface area contributed by atoms with Gasteiger partial charge in [-0.05, 0) is 49.3 Å². The van der Waals surface area contributed by atoms with Gasteiger partial charge in [0.1, 0.15) is 10.6 Å². The van der Waals surface area contributed by atoms with Crippen molar-refractivity contribution in [3.8, 4) is 5.75 Å². The van der Waals surface area contributed by atoms with E-state index in [0.29, 0.717) is 17.6 Å². The molecular formula is C14H18BrNO3S. The van der Waals surface area contributed by atoms with Gasteiger partial charge in [0.15, 0.2) is 0 Å². The zero-order valence-electron chi connectivity index (χ0n) is 11.3. The van der Waals surface area contributed by atoms with E-state index in [2.05, 4.69) is 20.7 Å². The quantitative estimate of drug-likeness (QED) is 0.898. The van der Waals surface area contributed by atoms with Crippen LogP contribution in [0.1, 0.15) is 25.7 Å². The third-order valence-corrected chi connectivity index (χ3v) is 6.46. The maximum absolute atomic E-state index is 12.6. The molecule has 0 spiro atoms. The molecule has 20 heavy (non-hydrogen) atoms. The molecule has 0 saturated heterocycles. The molecule has 0 amide bonds. The maximum atomic E-state index is 12.6. The van der Waals surface area contributed by atoms with Crippen molar-refractivity contribution in [1.82, 2.24) is 4.72 Å². The molecule has 0 heterocycles. The normalized spacial score (nSPS) is 28.8. The average molecular weight is 360 g/mol. The number of rotatable bonds is 4. The Balaban J connectivity index is 1.86. The molecule has 110 valence electrons. The first-order valence-electron chi connectivity index (χ1n) is 6.85. The van der Waals surface area contributed by atoms with Gasteiger partial charge in [0.25, 0.3) is 0 Å². The van der Waals surface area contributed by atoms with Crippen LogP contribution in [0.3, 0.4) is 0 Å². The Morgan fingerprint density at radius 3 is 2.70 bits per heavy atom. The second kappa shape index (κ2) is 5.31. The summed E-state index contributed by atoms with van der Waals surface area (Å²) in [7, 11) is -2.05. The third kappa shape index (κ3) is 2.61. The van der Waals surface area contributed by atoms with E-state index in [1.807, 2.05) is 0 Å². The number of sulfonamides is 1. The maximum Gasteiger partial charge on any atom is 0.244 e. The molecule has 3 rings (SSSR count). The van der Waals surface area contributed by atoms with E-state index in [0.717, 1.165) is 17.3 Å². The summed E-state index contributed by atoms with van der Waals surface area (Å²) in [6.45, 7) is 0. The molecule has 2 aliphatic carbocycles. The van der Waals surface area contributed by atoms with Crippen molar-refractivity contribution in [3.05, 3.63) is 22.7 Å². The highest BCUT2D eigenvalue weighted by Gasteiger charge is 2.41. The number of ether oxygens (including phenoxy) is 1. The fourth-order valence-corrected chi connectivity index (χ4v) is 5.54. The molecule has 6 heteroatoms. The fraction of sp³-hybridized carbons (Fsp3) is 0.571. The van der Waals surface area contributed by atoms with Gasteiger partial charge in [-0.25, -0.2) is 13.1 Å². The fourth-order valence-electron chi connectivity index (χ4n) is 3.51. The van der Waals surface area contributed by atoms with Crippen LogP contribution in [0.4, 0.5) is 0 Å². The molecule has 1 aromatic rings. The van der Waals surface area contributed by atoms with E-state index in [4.69, 9.17) is 4.74 Å². The van der Waals surface area contributed by atoms with Crippen LogP contribution >= 0.6 is 15.9 Å². The number of nitrogens with one attached hydrogen (secondary N) is 1. The van der Waals surface area contributed by atoms with Crippen molar-refractivity contribution in [1.29, 1.82) is 0 Å². The van der Waals surface area contributed by atoms with Gasteiger partial charge in [-0.15, -0.1) is 0 Å². The van der Waals surface area contributed by atoms with Crippen molar-refractivity contribution in [3.63, 3.8) is 0 Å². The first kappa shape index (κ1) is 14.4. The summed E-state index contributed by atoms with van der Waals surface area (Å²) < 4.78 is 33.9. The predicted molar refractivity (Wildman–Crippen MR) is 80.3 cm³/mol. The Kier molecular flexibility index (Phi) is 3.81. The Labute approximate surface area is 128 Å². The van der Waals surface area contributed by atoms with Gasteiger partial charge in [0.05, 0.1) is 7.11 Å². The minimum absolute atomic E-state index is 0.0856. The summed E-state index contributed by atoms with van der Waals surface area (Å²) >= 11 is 3.32. The van der Waals surface area contributed by atoms with Crippen LogP contribution < -0.4 is 9.46 Å². The Morgan fingerprint density at radius 1 is 1.30 bits per heavy atom. The number of halogens is 1. The standard InChI is InChI=1S/C14H18BrNO3S/c1-19-13-5-4-11(15)8-14(13)20(17,18)16-12-7-9-2-3-10(12)6-9/h4-5,8-10,12,16H,2-3,6-7H2,1H3/t9-,10-,12+/m1/s1. The predicted octanol–water partition coefficient (Wildman–Crippen LogP) is 2.92. The summed E-state index contributed by atoms with van der Waals surface area (Å²) in [5, 5.41) is 0. The Bertz CT molecular complexity index is 617. The molecule has 0 radical (unpaired) electrons. The van der Waals surface area contributed by atoms with E-state index in [9.17, 15) is 8.42 Å². The molecular weight excluding hydrogens is 342 g/mol. The van der Waals surface area contributed by atoms with Crippen molar-refractivity contribution >= 4 is 26.0 Å². The van der Waals surface area contributed by atoms with Crippen LogP contribution in [-0.2, 0) is 10.0 Å². The molecule has 3 atom stereocenters. The van der Waals surface area contributed by atoms with Gasteiger partial charge < -0.3 is 4.74 Å². The Morgan fingerprint density at radius 2 is 2.10 bits per heavy atom. The molecule has 0 aliphatic heterocycles. The molecule has 1 N–H and O–H groups in total. The lowest BCUT2D eigenvalue weighted by molar-refractivity contribution is 0.385. The lowest BCUT2D eigenvalue weighted by Gasteiger charge is -2.23. The largest absolute Gasteiger partial charge is 0.495 e. The summed E-state index contributed by atoms with van der Waals surface area (Å²) in [4.78, 5) is 0.206. The van der Waals surface area contributed by atoms with Crippen LogP contribution in [-0.4, -0.2) is 21.6 Å². The minimum atomic E-state index is -3.54. The second-order valence-electron chi connectivity index (χ2n) is 5.70. The van der Waals surface area contributed by atoms with Gasteiger partial charge in [0, 0.05) is 10.5 Å². The van der Waals surface area contributed by atoms with E-state index in [1.54, 1.807) is 18.2 Å². The lowest BCUT2D eigenvalue weighted by Crippen LogP contribution is -2.38. The van der Waals surface area contributed by atoms with E-state index in [1.165, 1.54) is 20.0 Å². The molecule has 2 bridgehead atoms. The first-order valence-corrected chi connectivity index (χ1v) is 9.13. The first-order chi connectivity index (χ1) is 9.49. The molecule has 0 unspecified atom stereocenters. The van der Waals surface area contributed by atoms with Gasteiger partial charge in [-0.1, -0.05) is 22.4 Å². The second-order valence-corrected chi connectivity index (χ2v) is 8.30. The summed E-state index contributed by atoms with van der Waals surface area (Å²) in [5.41, 5.74) is 0. The van der Waals surface area contributed by atoms with Gasteiger partial charge in [0.2, 0.25) is 10.0 Å². The summed E-state index contributed by atoms with van der Waals surface area (Å²) in [6.07, 6.45) is 4.54. The number of hydrogen-bond acceptors (Lipinski definition) is 3. The highest BCUT2D eigenvalue weighted by Crippen LogP contribution is 2.45. The van der Waals surface area contributed by atoms with E-state index >= 15 is 0 Å². The van der Waals surface area contributed by atoms with Crippen molar-refractivity contribution in [2.24, 2.45) is 11.8 Å². The molecule has 1 aromatic carbocycles. The topological polar surface area (TPSA) is 55.4 Å². The van der Waals surface area contributed by atoms with Crippen molar-refractivity contribution < 1.29 is 13.2 Å². The summed E-state index contributed by atoms with van der Waals surface area (Å²) in [5.74, 6) is 1.59. The van der Waals surface area contributed by atoms with Gasteiger partial charge in [-0.2, -0.15) is 0 Å². The van der Waals surface area contributed by atoms with Crippen molar-refractivity contribution in [2.45, 2.75) is 36.6 Å². The summed E-state index contributed by atoms with van der Waals surface area (Å²) in [6, 6.07) is 5.12. The molecule has 2 saturated carbocycles. The molecule has 0 aromatic heterocycles. The zero-order chi connectivity index (χ0) is 14.3. The smallest absolute Gasteiger partial charge is 0.244 e. The van der Waals surface area contributed by atoms with Crippen molar-refractivity contribution in [2.75, 3.05) is 7.11 Å². The highest BCUT2D eigenvalue weighted by atomic mass is 79.9. The highest BCUT2D eigenvalue weighted by molar-refractivity contribution is 9.10. The minimum Gasteiger partial charge on any atom is -0.495 e. The van der Waals surface area contributed by atoms with Crippen LogP contribution in [0.15, 0.2) is 27.6 Å². The van der Waals surface area contributed by atoms with Crippen LogP contribution in [0.25, 0.3) is 0 Å². The average Bonchev–Trinajstić information content (AvgIpc) is 3.00. The van der Waals surface area contributed by atoms with E-state index < -0.39 is 10.0 Å². The number of hydrogen-bond donors (Lipinski definition) is 1. The number of methoxy groups -OCH3 is 1. The zero-order valence-corrected chi connectivity index (χ0v) is 13.7. The third-order valence-electron chi connectivity index (χ3n) is 4.46. The number of benzene rings is 1. The molecule has 2 fully saturated rings. The lowest BCUT2D eigenvalue weighted by atomic mass is 9.96. The van der Waals surface area contributed by atoms with Crippen LogP contribution in [0.5, 0.6) is 5.75 Å². The Hall–Kier alpha value is -0.590. The van der Waals surface area contributed by atoms with Gasteiger partial charge >= 0.3 is 0 Å². The van der Waals surface area contributed by atoms with Crippen LogP contribution in [0.2, 0.25) is 0 Å².